The highest BCUT2D eigenvalue weighted by Gasteiger charge is 2.46. The third kappa shape index (κ3) is 6.66. The van der Waals surface area contributed by atoms with Crippen molar-refractivity contribution in [2.75, 3.05) is 39.6 Å². The van der Waals surface area contributed by atoms with Crippen molar-refractivity contribution in [3.05, 3.63) is 60.7 Å². The van der Waals surface area contributed by atoms with Crippen LogP contribution in [-0.2, 0) is 27.7 Å². The highest BCUT2D eigenvalue weighted by molar-refractivity contribution is 7.68. The first-order valence-corrected chi connectivity index (χ1v) is 14.4. The van der Waals surface area contributed by atoms with Crippen LogP contribution in [0.4, 0.5) is 0 Å². The molecule has 0 saturated carbocycles. The van der Waals surface area contributed by atoms with Gasteiger partial charge in [-0.1, -0.05) is 36.4 Å². The summed E-state index contributed by atoms with van der Waals surface area (Å²) < 4.78 is 51.1. The molecule has 0 aromatic heterocycles. The normalized spacial score (nSPS) is 16.1. The molecule has 190 valence electrons. The Balaban J connectivity index is 2.18. The Bertz CT molecular complexity index is 963. The molecule has 34 heavy (non-hydrogen) atoms. The molecule has 2 aromatic carbocycles. The van der Waals surface area contributed by atoms with E-state index in [9.17, 15) is 19.3 Å². The van der Waals surface area contributed by atoms with E-state index in [4.69, 9.17) is 18.5 Å². The number of aliphatic hydroxyl groups excluding tert-OH is 2. The van der Waals surface area contributed by atoms with Crippen LogP contribution in [-0.4, -0.2) is 60.5 Å². The summed E-state index contributed by atoms with van der Waals surface area (Å²) in [5.74, 6) is 0. The molecule has 0 bridgehead atoms. The fraction of sp³-hybridized carbons (Fsp3) is 0.500. The molecule has 2 unspecified atom stereocenters. The summed E-state index contributed by atoms with van der Waals surface area (Å²) in [6.07, 6.45) is 0. The van der Waals surface area contributed by atoms with E-state index in [2.05, 4.69) is 0 Å². The lowest BCUT2D eigenvalue weighted by molar-refractivity contribution is -0.00107. The molecule has 0 aliphatic heterocycles. The highest BCUT2D eigenvalue weighted by Crippen LogP contribution is 2.60. The number of aliphatic hydroxyl groups is 2. The van der Waals surface area contributed by atoms with E-state index in [1.54, 1.807) is 76.2 Å². The van der Waals surface area contributed by atoms with E-state index in [0.717, 1.165) is 0 Å². The van der Waals surface area contributed by atoms with Crippen molar-refractivity contribution in [3.8, 4) is 0 Å². The average Bonchev–Trinajstić information content (AvgIpc) is 2.84. The number of hydrogen-bond donors (Lipinski definition) is 2. The van der Waals surface area contributed by atoms with Gasteiger partial charge in [-0.2, -0.15) is 0 Å². The minimum absolute atomic E-state index is 0.0131. The summed E-state index contributed by atoms with van der Waals surface area (Å²) in [6, 6.07) is 17.5. The van der Waals surface area contributed by atoms with Gasteiger partial charge in [0.2, 0.25) is 0 Å². The Morgan fingerprint density at radius 3 is 1.41 bits per heavy atom. The standard InChI is InChI=1S/C24H36O8P2/c1-23(2,29-17-15-25)34(28,22-13-9-6-10-14-22)32-20-19-30-24(3,4)33(27,31-18-16-26)21-11-7-5-8-12-21/h5-14,25-26H,15-20H2,1-4H3. The summed E-state index contributed by atoms with van der Waals surface area (Å²) in [6.45, 7) is 5.98. The molecule has 0 amide bonds. The summed E-state index contributed by atoms with van der Waals surface area (Å²) >= 11 is 0. The van der Waals surface area contributed by atoms with E-state index in [0.29, 0.717) is 10.6 Å². The molecule has 8 nitrogen and oxygen atoms in total. The Morgan fingerprint density at radius 2 is 1.00 bits per heavy atom. The van der Waals surface area contributed by atoms with Crippen LogP contribution in [0.15, 0.2) is 60.7 Å². The third-order valence-electron chi connectivity index (χ3n) is 5.33. The lowest BCUT2D eigenvalue weighted by Crippen LogP contribution is -2.34. The Morgan fingerprint density at radius 1 is 0.618 bits per heavy atom. The maximum Gasteiger partial charge on any atom is 0.262 e. The monoisotopic (exact) mass is 514 g/mol. The van der Waals surface area contributed by atoms with Gasteiger partial charge in [0.05, 0.1) is 39.6 Å². The van der Waals surface area contributed by atoms with Crippen LogP contribution in [0.1, 0.15) is 27.7 Å². The fourth-order valence-corrected chi connectivity index (χ4v) is 7.91. The van der Waals surface area contributed by atoms with Crippen LogP contribution in [0.3, 0.4) is 0 Å². The van der Waals surface area contributed by atoms with Crippen LogP contribution < -0.4 is 10.6 Å². The van der Waals surface area contributed by atoms with Crippen molar-refractivity contribution in [2.24, 2.45) is 0 Å². The number of hydrogen-bond acceptors (Lipinski definition) is 8. The van der Waals surface area contributed by atoms with Gasteiger partial charge in [0.15, 0.2) is 0 Å². The zero-order chi connectivity index (χ0) is 25.3. The van der Waals surface area contributed by atoms with Gasteiger partial charge in [0.1, 0.15) is 10.7 Å². The van der Waals surface area contributed by atoms with E-state index >= 15 is 0 Å². The van der Waals surface area contributed by atoms with Crippen LogP contribution >= 0.6 is 14.7 Å². The van der Waals surface area contributed by atoms with Gasteiger partial charge in [-0.05, 0) is 52.0 Å². The van der Waals surface area contributed by atoms with Crippen molar-refractivity contribution >= 4 is 25.3 Å². The highest BCUT2D eigenvalue weighted by atomic mass is 31.2. The second-order valence-electron chi connectivity index (χ2n) is 8.48. The van der Waals surface area contributed by atoms with Crippen molar-refractivity contribution in [3.63, 3.8) is 0 Å². The lowest BCUT2D eigenvalue weighted by Gasteiger charge is -2.36. The Labute approximate surface area is 202 Å². The van der Waals surface area contributed by atoms with E-state index in [1.165, 1.54) is 0 Å². The molecule has 2 rings (SSSR count). The topological polar surface area (TPSA) is 112 Å². The van der Waals surface area contributed by atoms with Gasteiger partial charge in [-0.15, -0.1) is 0 Å². The van der Waals surface area contributed by atoms with Gasteiger partial charge in [0.25, 0.3) is 14.7 Å². The zero-order valence-corrected chi connectivity index (χ0v) is 22.0. The first-order chi connectivity index (χ1) is 16.0. The van der Waals surface area contributed by atoms with Crippen molar-refractivity contribution in [2.45, 2.75) is 38.4 Å². The van der Waals surface area contributed by atoms with Gasteiger partial charge in [0, 0.05) is 10.6 Å². The maximum absolute atomic E-state index is 14.0. The second-order valence-corrected chi connectivity index (χ2v) is 14.4. The predicted octanol–water partition coefficient (Wildman–Crippen LogP) is 3.72. The summed E-state index contributed by atoms with van der Waals surface area (Å²) in [4.78, 5) is 0. The van der Waals surface area contributed by atoms with Crippen LogP contribution in [0.2, 0.25) is 0 Å². The third-order valence-corrected chi connectivity index (χ3v) is 11.5. The van der Waals surface area contributed by atoms with Crippen LogP contribution in [0, 0.1) is 0 Å². The minimum atomic E-state index is -3.55. The van der Waals surface area contributed by atoms with Crippen LogP contribution in [0.25, 0.3) is 0 Å². The zero-order valence-electron chi connectivity index (χ0n) is 20.3. The number of ether oxygens (including phenoxy) is 2. The summed E-state index contributed by atoms with van der Waals surface area (Å²) in [5, 5.41) is 16.9. The fourth-order valence-electron chi connectivity index (χ4n) is 3.42. The molecule has 10 heteroatoms. The molecule has 0 spiro atoms. The molecule has 0 aliphatic carbocycles. The summed E-state index contributed by atoms with van der Waals surface area (Å²) in [7, 11) is -7.09. The van der Waals surface area contributed by atoms with Crippen molar-refractivity contribution in [1.29, 1.82) is 0 Å². The second kappa shape index (κ2) is 12.6. The Kier molecular flexibility index (Phi) is 10.7. The molecule has 2 N–H and O–H groups in total. The van der Waals surface area contributed by atoms with Gasteiger partial charge < -0.3 is 28.7 Å². The van der Waals surface area contributed by atoms with E-state index in [-0.39, 0.29) is 39.6 Å². The van der Waals surface area contributed by atoms with Crippen molar-refractivity contribution in [1.82, 2.24) is 0 Å². The molecule has 0 aliphatic rings. The first-order valence-electron chi connectivity index (χ1n) is 11.1. The smallest absolute Gasteiger partial charge is 0.262 e. The Hall–Kier alpha value is -1.34. The molecule has 0 fully saturated rings. The first kappa shape index (κ1) is 28.9. The molecular formula is C24H36O8P2. The SMILES string of the molecule is CC(C)(OCCOP(=O)(c1ccccc1)C(C)(C)OCCO)P(=O)(OCCO)c1ccccc1. The number of benzene rings is 2. The minimum Gasteiger partial charge on any atom is -0.394 e. The number of rotatable bonds is 15. The lowest BCUT2D eigenvalue weighted by atomic mass is 10.4. The van der Waals surface area contributed by atoms with E-state index < -0.39 is 25.4 Å². The maximum atomic E-state index is 14.0. The van der Waals surface area contributed by atoms with Crippen molar-refractivity contribution < 1.29 is 37.9 Å². The van der Waals surface area contributed by atoms with Gasteiger partial charge in [-0.3, -0.25) is 9.13 Å². The molecule has 2 atom stereocenters. The quantitative estimate of drug-likeness (QED) is 0.273. The van der Waals surface area contributed by atoms with Gasteiger partial charge in [-0.25, -0.2) is 0 Å². The molecule has 0 saturated heterocycles. The predicted molar refractivity (Wildman–Crippen MR) is 134 cm³/mol. The van der Waals surface area contributed by atoms with Gasteiger partial charge >= 0.3 is 0 Å². The van der Waals surface area contributed by atoms with Crippen LogP contribution in [0.5, 0.6) is 0 Å². The van der Waals surface area contributed by atoms with E-state index in [1.807, 2.05) is 12.1 Å². The molecule has 2 aromatic rings. The largest absolute Gasteiger partial charge is 0.394 e. The molecule has 0 heterocycles. The molecular weight excluding hydrogens is 478 g/mol. The molecule has 0 radical (unpaired) electrons. The average molecular weight is 514 g/mol. The summed E-state index contributed by atoms with van der Waals surface area (Å²) in [5.41, 5.74) is 0.